The maximum atomic E-state index is 12.4. The highest BCUT2D eigenvalue weighted by atomic mass is 35.5. The molecule has 0 saturated heterocycles. The number of para-hydroxylation sites is 1. The van der Waals surface area contributed by atoms with Crippen LogP contribution in [0.4, 0.5) is 13.2 Å². The minimum absolute atomic E-state index is 0.132. The Bertz CT molecular complexity index is 920. The summed E-state index contributed by atoms with van der Waals surface area (Å²) in [6, 6.07) is 6.39. The van der Waals surface area contributed by atoms with Crippen LogP contribution in [0.5, 0.6) is 5.75 Å². The second-order valence-corrected chi connectivity index (χ2v) is 6.84. The summed E-state index contributed by atoms with van der Waals surface area (Å²) in [7, 11) is -4.71. The molecule has 0 unspecified atom stereocenters. The van der Waals surface area contributed by atoms with Gasteiger partial charge in [0.15, 0.2) is 0 Å². The zero-order valence-electron chi connectivity index (χ0n) is 11.8. The van der Waals surface area contributed by atoms with E-state index in [1.165, 1.54) is 12.1 Å². The van der Waals surface area contributed by atoms with Crippen molar-refractivity contribution in [1.82, 2.24) is 9.71 Å². The minimum atomic E-state index is -5.12. The maximum Gasteiger partial charge on any atom is 0.573 e. The van der Waals surface area contributed by atoms with Crippen molar-refractivity contribution in [2.45, 2.75) is 11.3 Å². The Balaban J connectivity index is 2.37. The Morgan fingerprint density at radius 2 is 1.76 bits per heavy atom. The number of carbonyl (C=O) groups excluding carboxylic acids is 1. The number of amides is 1. The lowest BCUT2D eigenvalue weighted by molar-refractivity contribution is -0.275. The van der Waals surface area contributed by atoms with Gasteiger partial charge in [0.05, 0.1) is 5.02 Å². The molecule has 0 fully saturated rings. The number of aromatic nitrogens is 1. The highest BCUT2D eigenvalue weighted by Crippen LogP contribution is 2.29. The van der Waals surface area contributed by atoms with Crippen molar-refractivity contribution in [3.63, 3.8) is 0 Å². The molecule has 0 aliphatic rings. The van der Waals surface area contributed by atoms with Gasteiger partial charge >= 0.3 is 6.36 Å². The Labute approximate surface area is 149 Å². The summed E-state index contributed by atoms with van der Waals surface area (Å²) >= 11 is 11.3. The third-order valence-corrected chi connectivity index (χ3v) is 4.50. The lowest BCUT2D eigenvalue weighted by Crippen LogP contribution is -2.32. The van der Waals surface area contributed by atoms with Crippen LogP contribution >= 0.6 is 23.2 Å². The molecule has 0 aliphatic heterocycles. The van der Waals surface area contributed by atoms with E-state index in [4.69, 9.17) is 23.2 Å². The first-order valence-corrected chi connectivity index (χ1v) is 8.47. The summed E-state index contributed by atoms with van der Waals surface area (Å²) in [5.74, 6) is -2.27. The molecule has 25 heavy (non-hydrogen) atoms. The van der Waals surface area contributed by atoms with E-state index in [0.717, 1.165) is 24.3 Å². The first-order valence-electron chi connectivity index (χ1n) is 6.23. The van der Waals surface area contributed by atoms with Gasteiger partial charge in [-0.05, 0) is 24.3 Å². The van der Waals surface area contributed by atoms with Crippen LogP contribution in [0.25, 0.3) is 0 Å². The van der Waals surface area contributed by atoms with Crippen LogP contribution in [0, 0.1) is 0 Å². The molecule has 0 atom stereocenters. The standard InChI is InChI=1S/C13H7Cl2F3N2O4S/c14-7-5-6-10(15)19-11(7)12(21)20-25(22,23)9-4-2-1-3-8(9)24-13(16,17)18/h1-6H,(H,20,21). The van der Waals surface area contributed by atoms with E-state index in [1.807, 2.05) is 0 Å². The zero-order valence-corrected chi connectivity index (χ0v) is 14.2. The van der Waals surface area contributed by atoms with Crippen LogP contribution in [0.2, 0.25) is 10.2 Å². The monoisotopic (exact) mass is 414 g/mol. The molecule has 134 valence electrons. The predicted octanol–water partition coefficient (Wildman–Crippen LogP) is 3.41. The fraction of sp³-hybridized carbons (Fsp3) is 0.0769. The van der Waals surface area contributed by atoms with Crippen molar-refractivity contribution < 1.29 is 31.1 Å². The van der Waals surface area contributed by atoms with Crippen molar-refractivity contribution in [1.29, 1.82) is 0 Å². The van der Waals surface area contributed by atoms with Gasteiger partial charge in [0.25, 0.3) is 15.9 Å². The Morgan fingerprint density at radius 3 is 2.40 bits per heavy atom. The number of nitrogens with zero attached hydrogens (tertiary/aromatic N) is 1. The van der Waals surface area contributed by atoms with Crippen LogP contribution in [-0.2, 0) is 10.0 Å². The molecule has 1 N–H and O–H groups in total. The molecule has 2 rings (SSSR count). The Kier molecular flexibility index (Phi) is 5.45. The summed E-state index contributed by atoms with van der Waals surface area (Å²) < 4.78 is 66.9. The van der Waals surface area contributed by atoms with Gasteiger partial charge in [-0.1, -0.05) is 35.3 Å². The third kappa shape index (κ3) is 4.97. The highest BCUT2D eigenvalue weighted by molar-refractivity contribution is 7.90. The topological polar surface area (TPSA) is 85.4 Å². The lowest BCUT2D eigenvalue weighted by Gasteiger charge is -2.14. The van der Waals surface area contributed by atoms with Crippen LogP contribution in [0.3, 0.4) is 0 Å². The largest absolute Gasteiger partial charge is 0.573 e. The van der Waals surface area contributed by atoms with Crippen molar-refractivity contribution in [2.75, 3.05) is 0 Å². The van der Waals surface area contributed by atoms with Gasteiger partial charge in [-0.25, -0.2) is 18.1 Å². The molecular formula is C13H7Cl2F3N2O4S. The number of hydrogen-bond acceptors (Lipinski definition) is 5. The van der Waals surface area contributed by atoms with Gasteiger partial charge in [0, 0.05) is 0 Å². The number of nitrogens with one attached hydrogen (secondary N) is 1. The number of ether oxygens (including phenoxy) is 1. The summed E-state index contributed by atoms with van der Waals surface area (Å²) in [5.41, 5.74) is -0.507. The smallest absolute Gasteiger partial charge is 0.404 e. The van der Waals surface area contributed by atoms with Crippen molar-refractivity contribution >= 4 is 39.1 Å². The van der Waals surface area contributed by atoms with E-state index in [0.29, 0.717) is 0 Å². The number of hydrogen-bond donors (Lipinski definition) is 1. The fourth-order valence-electron chi connectivity index (χ4n) is 1.68. The van der Waals surface area contributed by atoms with Crippen molar-refractivity contribution in [2.24, 2.45) is 0 Å². The van der Waals surface area contributed by atoms with E-state index in [9.17, 15) is 26.4 Å². The first kappa shape index (κ1) is 19.3. The zero-order chi connectivity index (χ0) is 18.8. The molecule has 1 amide bonds. The molecule has 0 saturated carbocycles. The molecule has 12 heteroatoms. The molecule has 1 aromatic heterocycles. The first-order chi connectivity index (χ1) is 11.5. The Morgan fingerprint density at radius 1 is 1.12 bits per heavy atom. The van der Waals surface area contributed by atoms with Crippen LogP contribution in [-0.4, -0.2) is 25.7 Å². The highest BCUT2D eigenvalue weighted by Gasteiger charge is 2.34. The van der Waals surface area contributed by atoms with E-state index in [1.54, 1.807) is 4.72 Å². The number of carbonyl (C=O) groups is 1. The summed E-state index contributed by atoms with van der Waals surface area (Å²) in [5, 5.41) is -0.329. The van der Waals surface area contributed by atoms with Gasteiger partial charge in [-0.3, -0.25) is 4.79 Å². The van der Waals surface area contributed by atoms with Crippen molar-refractivity contribution in [3.05, 3.63) is 52.3 Å². The number of benzene rings is 1. The average molecular weight is 415 g/mol. The number of pyridine rings is 1. The van der Waals surface area contributed by atoms with Crippen LogP contribution in [0.15, 0.2) is 41.3 Å². The second kappa shape index (κ2) is 7.06. The van der Waals surface area contributed by atoms with Gasteiger partial charge in [-0.2, -0.15) is 0 Å². The van der Waals surface area contributed by atoms with E-state index in [-0.39, 0.29) is 10.2 Å². The van der Waals surface area contributed by atoms with Gasteiger partial charge < -0.3 is 4.74 Å². The molecule has 0 aliphatic carbocycles. The Hall–Kier alpha value is -2.04. The van der Waals surface area contributed by atoms with Gasteiger partial charge in [0.2, 0.25) is 0 Å². The predicted molar refractivity (Wildman–Crippen MR) is 82.0 cm³/mol. The second-order valence-electron chi connectivity index (χ2n) is 4.39. The summed E-state index contributed by atoms with van der Waals surface area (Å²) in [6.45, 7) is 0. The molecule has 1 aromatic carbocycles. The molecule has 2 aromatic rings. The third-order valence-electron chi connectivity index (χ3n) is 2.62. The summed E-state index contributed by atoms with van der Waals surface area (Å²) in [6.07, 6.45) is -5.12. The van der Waals surface area contributed by atoms with Crippen molar-refractivity contribution in [3.8, 4) is 5.75 Å². The number of sulfonamides is 1. The molecular weight excluding hydrogens is 408 g/mol. The van der Waals surface area contributed by atoms with E-state index >= 15 is 0 Å². The quantitative estimate of drug-likeness (QED) is 0.774. The SMILES string of the molecule is O=C(NS(=O)(=O)c1ccccc1OC(F)(F)F)c1nc(Cl)ccc1Cl. The number of rotatable bonds is 4. The van der Waals surface area contributed by atoms with Crippen LogP contribution in [0.1, 0.15) is 10.5 Å². The maximum absolute atomic E-state index is 12.4. The molecule has 6 nitrogen and oxygen atoms in total. The molecule has 1 heterocycles. The molecule has 0 bridgehead atoms. The van der Waals surface area contributed by atoms with Gasteiger partial charge in [0.1, 0.15) is 21.5 Å². The van der Waals surface area contributed by atoms with Gasteiger partial charge in [-0.15, -0.1) is 13.2 Å². The number of halogens is 5. The van der Waals surface area contributed by atoms with E-state index < -0.39 is 38.6 Å². The molecule has 0 radical (unpaired) electrons. The fourth-order valence-corrected chi connectivity index (χ4v) is 3.11. The minimum Gasteiger partial charge on any atom is -0.404 e. The molecule has 0 spiro atoms. The van der Waals surface area contributed by atoms with E-state index in [2.05, 4.69) is 9.72 Å². The lowest BCUT2D eigenvalue weighted by atomic mass is 10.3. The summed E-state index contributed by atoms with van der Waals surface area (Å²) in [4.78, 5) is 14.7. The van der Waals surface area contributed by atoms with Crippen LogP contribution < -0.4 is 9.46 Å². The average Bonchev–Trinajstić information content (AvgIpc) is 2.48. The normalized spacial score (nSPS) is 11.9. The number of alkyl halides is 3.